The van der Waals surface area contributed by atoms with Gasteiger partial charge in [0.1, 0.15) is 0 Å². The maximum atomic E-state index is 11.8. The van der Waals surface area contributed by atoms with Crippen molar-refractivity contribution < 1.29 is 4.79 Å². The van der Waals surface area contributed by atoms with Crippen molar-refractivity contribution in [3.63, 3.8) is 0 Å². The molecule has 0 aliphatic heterocycles. The van der Waals surface area contributed by atoms with Gasteiger partial charge in [-0.25, -0.2) is 0 Å². The minimum Gasteiger partial charge on any atom is -0.323 e. The molecule has 2 N–H and O–H groups in total. The van der Waals surface area contributed by atoms with Gasteiger partial charge in [-0.05, 0) is 0 Å². The number of rotatable bonds is 4. The van der Waals surface area contributed by atoms with Crippen molar-refractivity contribution in [3.8, 4) is 0 Å². The lowest BCUT2D eigenvalue weighted by Crippen LogP contribution is -2.05. The molecule has 0 radical (unpaired) electrons. The lowest BCUT2D eigenvalue weighted by Gasteiger charge is -2.04. The van der Waals surface area contributed by atoms with E-state index in [0.717, 1.165) is 28.0 Å². The summed E-state index contributed by atoms with van der Waals surface area (Å²) >= 11 is 0. The van der Waals surface area contributed by atoms with Crippen LogP contribution in [0.5, 0.6) is 0 Å². The number of ketones is 1. The molecule has 0 saturated heterocycles. The molecule has 0 aromatic heterocycles. The molecule has 4 aromatic carbocycles. The Morgan fingerprint density at radius 3 is 1.03 bits per heavy atom. The smallest absolute Gasteiger partial charge is 0.193 e. The van der Waals surface area contributed by atoms with Crippen LogP contribution in [-0.2, 0) is 0 Å². The fraction of sp³-hybridized carbons (Fsp3) is 0. The number of benzene rings is 4. The molecule has 3 nitrogen and oxygen atoms in total. The number of hydrogen-bond acceptors (Lipinski definition) is 3. The Morgan fingerprint density at radius 1 is 0.483 bits per heavy atom. The molecule has 0 heterocycles. The molecule has 0 spiro atoms. The summed E-state index contributed by atoms with van der Waals surface area (Å²) in [6, 6.07) is 38.5. The lowest BCUT2D eigenvalue weighted by atomic mass is 10.0. The fourth-order valence-electron chi connectivity index (χ4n) is 2.85. The summed E-state index contributed by atoms with van der Waals surface area (Å²) in [6.07, 6.45) is 0. The number of carbonyl (C=O) groups is 1. The normalized spacial score (nSPS) is 9.66. The third-order valence-electron chi connectivity index (χ3n) is 4.30. The van der Waals surface area contributed by atoms with Crippen molar-refractivity contribution in [2.45, 2.75) is 0 Å². The number of nitrogens with two attached hydrogens (primary N) is 1. The second kappa shape index (κ2) is 10.4. The Bertz CT molecular complexity index is 962. The molecule has 29 heavy (non-hydrogen) atoms. The molecule has 0 atom stereocenters. The average Bonchev–Trinajstić information content (AvgIpc) is 2.82. The summed E-state index contributed by atoms with van der Waals surface area (Å²) in [4.78, 5) is 11.8. The van der Waals surface area contributed by atoms with Gasteiger partial charge in [0.2, 0.25) is 0 Å². The van der Waals surface area contributed by atoms with Crippen LogP contribution in [0.25, 0.3) is 0 Å². The van der Waals surface area contributed by atoms with E-state index in [0.29, 0.717) is 0 Å². The summed E-state index contributed by atoms with van der Waals surface area (Å²) in [5, 5.41) is 3.85. The highest BCUT2D eigenvalue weighted by Gasteiger charge is 2.06. The zero-order valence-corrected chi connectivity index (χ0v) is 16.0. The summed E-state index contributed by atoms with van der Waals surface area (Å²) in [5.74, 6) is 5.50. The van der Waals surface area contributed by atoms with Gasteiger partial charge in [-0.2, -0.15) is 5.10 Å². The van der Waals surface area contributed by atoms with E-state index in [-0.39, 0.29) is 5.78 Å². The molecule has 0 aliphatic rings. The van der Waals surface area contributed by atoms with Crippen LogP contribution in [0.1, 0.15) is 27.0 Å². The Labute approximate surface area is 171 Å². The maximum absolute atomic E-state index is 11.8. The third kappa shape index (κ3) is 5.50. The highest BCUT2D eigenvalue weighted by molar-refractivity contribution is 6.12. The van der Waals surface area contributed by atoms with Gasteiger partial charge in [-0.15, -0.1) is 0 Å². The second-order valence-corrected chi connectivity index (χ2v) is 6.27. The van der Waals surface area contributed by atoms with E-state index in [4.69, 9.17) is 5.84 Å². The largest absolute Gasteiger partial charge is 0.323 e. The van der Waals surface area contributed by atoms with Crippen LogP contribution >= 0.6 is 0 Å². The highest BCUT2D eigenvalue weighted by atomic mass is 16.1. The Kier molecular flexibility index (Phi) is 7.08. The van der Waals surface area contributed by atoms with Crippen molar-refractivity contribution in [1.29, 1.82) is 0 Å². The van der Waals surface area contributed by atoms with Crippen LogP contribution in [0.4, 0.5) is 0 Å². The van der Waals surface area contributed by atoms with Gasteiger partial charge in [0.25, 0.3) is 0 Å². The summed E-state index contributed by atoms with van der Waals surface area (Å²) in [7, 11) is 0. The highest BCUT2D eigenvalue weighted by Crippen LogP contribution is 2.10. The van der Waals surface area contributed by atoms with Crippen LogP contribution in [-0.4, -0.2) is 11.5 Å². The molecule has 0 amide bonds. The molecule has 4 rings (SSSR count). The van der Waals surface area contributed by atoms with Crippen molar-refractivity contribution in [1.82, 2.24) is 0 Å². The Morgan fingerprint density at radius 2 is 0.759 bits per heavy atom. The monoisotopic (exact) mass is 378 g/mol. The van der Waals surface area contributed by atoms with Gasteiger partial charge in [0, 0.05) is 22.3 Å². The number of carbonyl (C=O) groups excluding carboxylic acids is 1. The van der Waals surface area contributed by atoms with Crippen LogP contribution in [0.15, 0.2) is 126 Å². The molecule has 142 valence electrons. The average molecular weight is 378 g/mol. The summed E-state index contributed by atoms with van der Waals surface area (Å²) < 4.78 is 0. The van der Waals surface area contributed by atoms with Gasteiger partial charge in [-0.1, -0.05) is 121 Å². The van der Waals surface area contributed by atoms with Crippen molar-refractivity contribution in [3.05, 3.63) is 144 Å². The molecule has 0 bridgehead atoms. The van der Waals surface area contributed by atoms with Crippen LogP contribution in [0, 0.1) is 0 Å². The first-order valence-electron chi connectivity index (χ1n) is 9.33. The number of hydrazone groups is 1. The summed E-state index contributed by atoms with van der Waals surface area (Å²) in [5.41, 5.74) is 4.35. The Hall–Kier alpha value is -3.98. The molecule has 0 fully saturated rings. The van der Waals surface area contributed by atoms with Gasteiger partial charge in [-0.3, -0.25) is 4.79 Å². The van der Waals surface area contributed by atoms with Gasteiger partial charge in [0.05, 0.1) is 5.71 Å². The van der Waals surface area contributed by atoms with Crippen LogP contribution in [0.3, 0.4) is 0 Å². The molecule has 0 saturated carbocycles. The van der Waals surface area contributed by atoms with Crippen molar-refractivity contribution in [2.24, 2.45) is 10.9 Å². The number of nitrogens with zero attached hydrogens (tertiary/aromatic N) is 1. The first kappa shape index (κ1) is 19.8. The predicted molar refractivity (Wildman–Crippen MR) is 119 cm³/mol. The standard InChI is InChI=1S/C13H12N2.C13H10O/c14-15-13(11-7-3-1-4-8-11)12-9-5-2-6-10-12;14-13(11-7-3-1-4-8-11)12-9-5-2-6-10-12/h1-10H,14H2;1-10H. The minimum atomic E-state index is 0.0752. The molecule has 4 aromatic rings. The fourth-order valence-corrected chi connectivity index (χ4v) is 2.85. The molecule has 0 aliphatic carbocycles. The van der Waals surface area contributed by atoms with Crippen LogP contribution in [0.2, 0.25) is 0 Å². The quantitative estimate of drug-likeness (QED) is 0.226. The van der Waals surface area contributed by atoms with E-state index in [1.807, 2.05) is 121 Å². The molecule has 0 unspecified atom stereocenters. The molecular formula is C26H22N2O. The zero-order chi connectivity index (χ0) is 20.3. The second-order valence-electron chi connectivity index (χ2n) is 6.27. The zero-order valence-electron chi connectivity index (χ0n) is 16.0. The van der Waals surface area contributed by atoms with E-state index < -0.39 is 0 Å². The van der Waals surface area contributed by atoms with E-state index in [1.54, 1.807) is 0 Å². The van der Waals surface area contributed by atoms with Crippen LogP contribution < -0.4 is 5.84 Å². The summed E-state index contributed by atoms with van der Waals surface area (Å²) in [6.45, 7) is 0. The van der Waals surface area contributed by atoms with Crippen molar-refractivity contribution in [2.75, 3.05) is 0 Å². The maximum Gasteiger partial charge on any atom is 0.193 e. The minimum absolute atomic E-state index is 0.0752. The van der Waals surface area contributed by atoms with E-state index in [1.165, 1.54) is 0 Å². The van der Waals surface area contributed by atoms with Gasteiger partial charge >= 0.3 is 0 Å². The SMILES string of the molecule is NN=C(c1ccccc1)c1ccccc1.O=C(c1ccccc1)c1ccccc1. The molecule has 3 heteroatoms. The molecular weight excluding hydrogens is 356 g/mol. The van der Waals surface area contributed by atoms with E-state index in [9.17, 15) is 4.79 Å². The van der Waals surface area contributed by atoms with Gasteiger partial charge in [0.15, 0.2) is 5.78 Å². The van der Waals surface area contributed by atoms with Crippen molar-refractivity contribution >= 4 is 11.5 Å². The Balaban J connectivity index is 0.000000166. The lowest BCUT2D eigenvalue weighted by molar-refractivity contribution is 0.103. The third-order valence-corrected chi connectivity index (χ3v) is 4.30. The predicted octanol–water partition coefficient (Wildman–Crippen LogP) is 5.32. The first-order chi connectivity index (χ1) is 14.3. The number of hydrogen-bond donors (Lipinski definition) is 1. The topological polar surface area (TPSA) is 55.4 Å². The van der Waals surface area contributed by atoms with E-state index >= 15 is 0 Å². The van der Waals surface area contributed by atoms with Gasteiger partial charge < -0.3 is 5.84 Å². The first-order valence-corrected chi connectivity index (χ1v) is 9.33. The van der Waals surface area contributed by atoms with E-state index in [2.05, 4.69) is 5.10 Å².